The molecule has 0 aliphatic heterocycles. The molecule has 0 atom stereocenters. The van der Waals surface area contributed by atoms with Gasteiger partial charge >= 0.3 is 0 Å². The summed E-state index contributed by atoms with van der Waals surface area (Å²) in [5.41, 5.74) is 0.589. The highest BCUT2D eigenvalue weighted by molar-refractivity contribution is 9.10. The van der Waals surface area contributed by atoms with Crippen LogP contribution in [-0.4, -0.2) is 24.6 Å². The summed E-state index contributed by atoms with van der Waals surface area (Å²) in [6.07, 6.45) is 6.07. The summed E-state index contributed by atoms with van der Waals surface area (Å²) in [5, 5.41) is 7.75. The molecule has 86 valence electrons. The molecule has 3 aromatic rings. The lowest BCUT2D eigenvalue weighted by atomic mass is 10.5. The molecule has 0 radical (unpaired) electrons. The van der Waals surface area contributed by atoms with Gasteiger partial charge in [-0.15, -0.1) is 10.2 Å². The fraction of sp³-hybridized carbons (Fsp3) is 0.111. The molecule has 3 heterocycles. The van der Waals surface area contributed by atoms with Gasteiger partial charge in [0.25, 0.3) is 0 Å². The third-order valence-corrected chi connectivity index (χ3v) is 2.70. The number of oxazole rings is 1. The Bertz CT molecular complexity index is 636. The number of ether oxygens (including phenoxy) is 1. The SMILES string of the molecule is Brc1ncc(OCc2cnco2)c2nncn12. The van der Waals surface area contributed by atoms with Gasteiger partial charge in [0.15, 0.2) is 22.6 Å². The van der Waals surface area contributed by atoms with Crippen molar-refractivity contribution in [3.8, 4) is 5.75 Å². The molecule has 0 spiro atoms. The van der Waals surface area contributed by atoms with E-state index in [1.165, 1.54) is 6.39 Å². The van der Waals surface area contributed by atoms with Crippen molar-refractivity contribution in [1.29, 1.82) is 0 Å². The first-order chi connectivity index (χ1) is 8.34. The minimum atomic E-state index is 0.270. The van der Waals surface area contributed by atoms with Crippen molar-refractivity contribution in [2.75, 3.05) is 0 Å². The summed E-state index contributed by atoms with van der Waals surface area (Å²) in [7, 11) is 0. The van der Waals surface area contributed by atoms with Crippen LogP contribution < -0.4 is 4.74 Å². The Morgan fingerprint density at radius 2 is 2.35 bits per heavy atom. The quantitative estimate of drug-likeness (QED) is 0.681. The second-order valence-corrected chi connectivity index (χ2v) is 3.88. The minimum Gasteiger partial charge on any atom is -0.480 e. The molecule has 0 unspecified atom stereocenters. The van der Waals surface area contributed by atoms with Crippen molar-refractivity contribution in [2.45, 2.75) is 6.61 Å². The number of fused-ring (bicyclic) bond motifs is 1. The number of rotatable bonds is 3. The Kier molecular flexibility index (Phi) is 2.48. The molecule has 0 aliphatic carbocycles. The van der Waals surface area contributed by atoms with Gasteiger partial charge in [-0.2, -0.15) is 0 Å². The molecule has 17 heavy (non-hydrogen) atoms. The largest absolute Gasteiger partial charge is 0.480 e. The summed E-state index contributed by atoms with van der Waals surface area (Å²) < 4.78 is 12.9. The first-order valence-corrected chi connectivity index (χ1v) is 5.48. The average molecular weight is 296 g/mol. The predicted octanol–water partition coefficient (Wildman–Crippen LogP) is 1.45. The smallest absolute Gasteiger partial charge is 0.206 e. The molecule has 0 saturated carbocycles. The Hall–Kier alpha value is -1.96. The molecule has 0 amide bonds. The Morgan fingerprint density at radius 1 is 1.41 bits per heavy atom. The molecular weight excluding hydrogens is 290 g/mol. The molecule has 0 saturated heterocycles. The highest BCUT2D eigenvalue weighted by Gasteiger charge is 2.09. The van der Waals surface area contributed by atoms with E-state index < -0.39 is 0 Å². The Labute approximate surface area is 104 Å². The third kappa shape index (κ3) is 1.86. The van der Waals surface area contributed by atoms with Crippen LogP contribution in [0.15, 0.2) is 34.3 Å². The van der Waals surface area contributed by atoms with E-state index in [1.807, 2.05) is 0 Å². The summed E-state index contributed by atoms with van der Waals surface area (Å²) in [6, 6.07) is 0. The maximum absolute atomic E-state index is 5.54. The molecular formula is C9H6BrN5O2. The Morgan fingerprint density at radius 3 is 3.18 bits per heavy atom. The predicted molar refractivity (Wildman–Crippen MR) is 59.3 cm³/mol. The lowest BCUT2D eigenvalue weighted by Gasteiger charge is -2.04. The number of nitrogens with zero attached hydrogens (tertiary/aromatic N) is 5. The maximum atomic E-state index is 5.54. The topological polar surface area (TPSA) is 78.3 Å². The molecule has 0 bridgehead atoms. The number of aromatic nitrogens is 5. The number of halogens is 1. The van der Waals surface area contributed by atoms with Gasteiger partial charge in [-0.05, 0) is 15.9 Å². The second kappa shape index (κ2) is 4.13. The zero-order valence-corrected chi connectivity index (χ0v) is 10.0. The van der Waals surface area contributed by atoms with Gasteiger partial charge in [-0.3, -0.25) is 4.40 Å². The molecule has 3 rings (SSSR count). The highest BCUT2D eigenvalue weighted by atomic mass is 79.9. The van der Waals surface area contributed by atoms with Crippen LogP contribution in [0, 0.1) is 0 Å². The van der Waals surface area contributed by atoms with Gasteiger partial charge in [-0.25, -0.2) is 9.97 Å². The van der Waals surface area contributed by atoms with Crippen molar-refractivity contribution < 1.29 is 9.15 Å². The molecule has 0 N–H and O–H groups in total. The van der Waals surface area contributed by atoms with E-state index in [1.54, 1.807) is 23.1 Å². The average Bonchev–Trinajstić information content (AvgIpc) is 2.99. The van der Waals surface area contributed by atoms with Gasteiger partial charge in [-0.1, -0.05) is 0 Å². The van der Waals surface area contributed by atoms with E-state index in [0.29, 0.717) is 21.9 Å². The van der Waals surface area contributed by atoms with Gasteiger partial charge in [0.1, 0.15) is 12.9 Å². The van der Waals surface area contributed by atoms with Crippen molar-refractivity contribution in [2.24, 2.45) is 0 Å². The standard InChI is InChI=1S/C9H6BrN5O2/c10-9-12-2-7(8-14-13-4-15(8)9)16-3-6-1-11-5-17-6/h1-2,4-5H,3H2. The maximum Gasteiger partial charge on any atom is 0.206 e. The molecule has 0 aromatic carbocycles. The van der Waals surface area contributed by atoms with E-state index in [0.717, 1.165) is 0 Å². The van der Waals surface area contributed by atoms with Crippen molar-refractivity contribution in [1.82, 2.24) is 24.6 Å². The lowest BCUT2D eigenvalue weighted by molar-refractivity contribution is 0.270. The molecule has 3 aromatic heterocycles. The summed E-state index contributed by atoms with van der Waals surface area (Å²) in [4.78, 5) is 7.91. The van der Waals surface area contributed by atoms with Crippen LogP contribution in [0.4, 0.5) is 0 Å². The van der Waals surface area contributed by atoms with Crippen LogP contribution in [0.5, 0.6) is 5.75 Å². The van der Waals surface area contributed by atoms with Crippen LogP contribution in [-0.2, 0) is 6.61 Å². The first-order valence-electron chi connectivity index (χ1n) is 4.69. The van der Waals surface area contributed by atoms with E-state index in [2.05, 4.69) is 36.1 Å². The number of hydrogen-bond acceptors (Lipinski definition) is 6. The monoisotopic (exact) mass is 295 g/mol. The van der Waals surface area contributed by atoms with Crippen molar-refractivity contribution in [3.63, 3.8) is 0 Å². The van der Waals surface area contributed by atoms with Crippen LogP contribution >= 0.6 is 15.9 Å². The fourth-order valence-electron chi connectivity index (χ4n) is 1.33. The molecule has 8 heteroatoms. The molecule has 0 fully saturated rings. The van der Waals surface area contributed by atoms with Crippen LogP contribution in [0.2, 0.25) is 0 Å². The van der Waals surface area contributed by atoms with Gasteiger partial charge in [0, 0.05) is 0 Å². The fourth-order valence-corrected chi connectivity index (χ4v) is 1.70. The zero-order valence-electron chi connectivity index (χ0n) is 8.45. The summed E-state index contributed by atoms with van der Waals surface area (Å²) >= 11 is 3.29. The van der Waals surface area contributed by atoms with E-state index in [4.69, 9.17) is 9.15 Å². The third-order valence-electron chi connectivity index (χ3n) is 2.11. The van der Waals surface area contributed by atoms with Crippen molar-refractivity contribution in [3.05, 3.63) is 35.6 Å². The highest BCUT2D eigenvalue weighted by Crippen LogP contribution is 2.20. The van der Waals surface area contributed by atoms with Crippen LogP contribution in [0.25, 0.3) is 5.65 Å². The lowest BCUT2D eigenvalue weighted by Crippen LogP contribution is -1.99. The van der Waals surface area contributed by atoms with Gasteiger partial charge < -0.3 is 9.15 Å². The minimum absolute atomic E-state index is 0.270. The van der Waals surface area contributed by atoms with Crippen molar-refractivity contribution >= 4 is 21.6 Å². The molecule has 0 aliphatic rings. The summed E-state index contributed by atoms with van der Waals surface area (Å²) in [6.45, 7) is 0.270. The van der Waals surface area contributed by atoms with E-state index >= 15 is 0 Å². The Balaban J connectivity index is 1.90. The van der Waals surface area contributed by atoms with Crippen LogP contribution in [0.3, 0.4) is 0 Å². The molecule has 7 nitrogen and oxygen atoms in total. The van der Waals surface area contributed by atoms with Gasteiger partial charge in [0.2, 0.25) is 5.65 Å². The summed E-state index contributed by atoms with van der Waals surface area (Å²) in [5.74, 6) is 1.16. The normalized spacial score (nSPS) is 10.9. The van der Waals surface area contributed by atoms with E-state index in [-0.39, 0.29) is 6.61 Å². The second-order valence-electron chi connectivity index (χ2n) is 3.17. The van der Waals surface area contributed by atoms with E-state index in [9.17, 15) is 0 Å². The van der Waals surface area contributed by atoms with Gasteiger partial charge in [0.05, 0.1) is 12.4 Å². The zero-order chi connectivity index (χ0) is 11.7. The van der Waals surface area contributed by atoms with Crippen LogP contribution in [0.1, 0.15) is 5.76 Å². The first kappa shape index (κ1) is 10.2. The number of hydrogen-bond donors (Lipinski definition) is 0.